The normalized spacial score (nSPS) is 10.9. The van der Waals surface area contributed by atoms with Crippen LogP contribution in [-0.4, -0.2) is 12.0 Å². The summed E-state index contributed by atoms with van der Waals surface area (Å²) in [6, 6.07) is 5.68. The third-order valence-corrected chi connectivity index (χ3v) is 2.81. The van der Waals surface area contributed by atoms with Gasteiger partial charge in [0.25, 0.3) is 0 Å². The van der Waals surface area contributed by atoms with Crippen molar-refractivity contribution in [1.82, 2.24) is 4.98 Å². The molecule has 0 saturated carbocycles. The third-order valence-electron chi connectivity index (χ3n) is 2.81. The number of ether oxygens (including phenoxy) is 1. The molecule has 21 heavy (non-hydrogen) atoms. The predicted octanol–water partition coefficient (Wildman–Crippen LogP) is 0.167. The van der Waals surface area contributed by atoms with Crippen LogP contribution in [0.5, 0.6) is 5.75 Å². The van der Waals surface area contributed by atoms with Gasteiger partial charge in [-0.15, -0.1) is 0 Å². The van der Waals surface area contributed by atoms with Gasteiger partial charge < -0.3 is 17.7 Å². The van der Waals surface area contributed by atoms with Gasteiger partial charge in [0.15, 0.2) is 0 Å². The summed E-state index contributed by atoms with van der Waals surface area (Å²) in [6.07, 6.45) is 1.52. The molecule has 0 radical (unpaired) electrons. The molecule has 2 nitrogen and oxygen atoms in total. The van der Waals surface area contributed by atoms with E-state index in [1.165, 1.54) is 6.20 Å². The first-order chi connectivity index (χ1) is 9.38. The summed E-state index contributed by atoms with van der Waals surface area (Å²) in [5, 5.41) is 0. The molecular formula is C13H11BF4KNO. The van der Waals surface area contributed by atoms with Crippen molar-refractivity contribution in [2.75, 3.05) is 0 Å². The average Bonchev–Trinajstić information content (AvgIpc) is 2.36. The van der Waals surface area contributed by atoms with Gasteiger partial charge in [-0.3, -0.25) is 4.98 Å². The van der Waals surface area contributed by atoms with Crippen LogP contribution in [0.3, 0.4) is 0 Å². The number of halogens is 4. The molecule has 0 aliphatic rings. The molecule has 0 atom stereocenters. The molecule has 0 unspecified atom stereocenters. The minimum atomic E-state index is -5.26. The molecule has 0 N–H and O–H groups in total. The summed E-state index contributed by atoms with van der Waals surface area (Å²) >= 11 is 0. The molecule has 1 heterocycles. The van der Waals surface area contributed by atoms with E-state index in [0.29, 0.717) is 11.8 Å². The van der Waals surface area contributed by atoms with Crippen LogP contribution in [0.4, 0.5) is 17.3 Å². The van der Waals surface area contributed by atoms with Crippen molar-refractivity contribution >= 4 is 12.4 Å². The topological polar surface area (TPSA) is 22.1 Å². The number of hydrogen-bond acceptors (Lipinski definition) is 2. The van der Waals surface area contributed by atoms with Gasteiger partial charge in [-0.1, -0.05) is 17.6 Å². The van der Waals surface area contributed by atoms with Crippen molar-refractivity contribution < 1.29 is 73.5 Å². The van der Waals surface area contributed by atoms with E-state index in [4.69, 9.17) is 4.74 Å². The van der Waals surface area contributed by atoms with Crippen LogP contribution in [0.2, 0.25) is 0 Å². The Labute approximate surface area is 162 Å². The second-order valence-corrected chi connectivity index (χ2v) is 4.31. The largest absolute Gasteiger partial charge is 1.00 e. The van der Waals surface area contributed by atoms with Crippen molar-refractivity contribution in [2.24, 2.45) is 0 Å². The SMILES string of the molecule is Cc1cccnc1COc1cc(F)ccc1[B-](F)(F)F.[K+]. The fraction of sp³-hybridized carbons (Fsp3) is 0.154. The average molecular weight is 323 g/mol. The molecule has 0 aliphatic carbocycles. The molecule has 8 heteroatoms. The minimum Gasteiger partial charge on any atom is -0.490 e. The van der Waals surface area contributed by atoms with Gasteiger partial charge in [-0.25, -0.2) is 4.39 Å². The van der Waals surface area contributed by atoms with E-state index in [1.807, 2.05) is 0 Å². The summed E-state index contributed by atoms with van der Waals surface area (Å²) in [7, 11) is 0. The van der Waals surface area contributed by atoms with Gasteiger partial charge in [0.1, 0.15) is 12.4 Å². The fourth-order valence-electron chi connectivity index (χ4n) is 1.72. The predicted molar refractivity (Wildman–Crippen MR) is 68.4 cm³/mol. The van der Waals surface area contributed by atoms with Gasteiger partial charge in [0.05, 0.1) is 11.4 Å². The number of hydrogen-bond donors (Lipinski definition) is 0. The molecule has 0 aliphatic heterocycles. The molecule has 0 spiro atoms. The monoisotopic (exact) mass is 323 g/mol. The molecule has 0 fully saturated rings. The first kappa shape index (κ1) is 18.6. The Morgan fingerprint density at radius 2 is 1.90 bits per heavy atom. The molecule has 2 aromatic rings. The van der Waals surface area contributed by atoms with Crippen molar-refractivity contribution in [2.45, 2.75) is 13.5 Å². The Morgan fingerprint density at radius 1 is 1.19 bits per heavy atom. The van der Waals surface area contributed by atoms with Crippen LogP contribution in [-0.2, 0) is 6.61 Å². The van der Waals surface area contributed by atoms with E-state index in [0.717, 1.165) is 17.7 Å². The summed E-state index contributed by atoms with van der Waals surface area (Å²) in [6.45, 7) is -3.63. The summed E-state index contributed by atoms with van der Waals surface area (Å²) in [4.78, 5) is 4.01. The number of aromatic nitrogens is 1. The zero-order chi connectivity index (χ0) is 14.8. The maximum absolute atomic E-state index is 13.1. The third kappa shape index (κ3) is 5.07. The number of nitrogens with zero attached hydrogens (tertiary/aromatic N) is 1. The van der Waals surface area contributed by atoms with Crippen LogP contribution in [0, 0.1) is 12.7 Å². The van der Waals surface area contributed by atoms with Gasteiger partial charge in [-0.05, 0) is 24.6 Å². The maximum Gasteiger partial charge on any atom is 1.00 e. The zero-order valence-electron chi connectivity index (χ0n) is 11.6. The Hall–Kier alpha value is -0.409. The smallest absolute Gasteiger partial charge is 0.490 e. The first-order valence-electron chi connectivity index (χ1n) is 5.90. The maximum atomic E-state index is 13.1. The van der Waals surface area contributed by atoms with Crippen LogP contribution in [0.15, 0.2) is 36.5 Å². The van der Waals surface area contributed by atoms with Gasteiger partial charge in [-0.2, -0.15) is 0 Å². The van der Waals surface area contributed by atoms with Gasteiger partial charge >= 0.3 is 58.4 Å². The van der Waals surface area contributed by atoms with Gasteiger partial charge in [0, 0.05) is 12.3 Å². The molecular weight excluding hydrogens is 312 g/mol. The van der Waals surface area contributed by atoms with E-state index in [9.17, 15) is 17.3 Å². The molecule has 2 rings (SSSR count). The van der Waals surface area contributed by atoms with Crippen molar-refractivity contribution in [3.05, 3.63) is 53.6 Å². The van der Waals surface area contributed by atoms with E-state index < -0.39 is 24.0 Å². The van der Waals surface area contributed by atoms with Crippen molar-refractivity contribution in [3.63, 3.8) is 0 Å². The molecule has 106 valence electrons. The van der Waals surface area contributed by atoms with Crippen LogP contribution >= 0.6 is 0 Å². The Bertz CT molecular complexity index is 621. The van der Waals surface area contributed by atoms with Crippen molar-refractivity contribution in [1.29, 1.82) is 0 Å². The van der Waals surface area contributed by atoms with E-state index in [-0.39, 0.29) is 58.0 Å². The quantitative estimate of drug-likeness (QED) is 0.591. The molecule has 0 bridgehead atoms. The van der Waals surface area contributed by atoms with Crippen LogP contribution in [0.25, 0.3) is 0 Å². The Balaban J connectivity index is 0.00000220. The van der Waals surface area contributed by atoms with Crippen molar-refractivity contribution in [3.8, 4) is 5.75 Å². The molecule has 0 saturated heterocycles. The standard InChI is InChI=1S/C13H11BF4NO.K/c1-9-3-2-6-19-12(9)8-20-13-7-10(15)4-5-11(13)14(16,17)18;/h2-7H,8H2,1H3;/q-1;+1. The van der Waals surface area contributed by atoms with Gasteiger partial charge in [0.2, 0.25) is 0 Å². The second-order valence-electron chi connectivity index (χ2n) is 4.31. The summed E-state index contributed by atoms with van der Waals surface area (Å²) in [5.74, 6) is -1.29. The van der Waals surface area contributed by atoms with Crippen LogP contribution < -0.4 is 61.6 Å². The number of benzene rings is 1. The molecule has 1 aromatic heterocycles. The second kappa shape index (κ2) is 7.73. The Kier molecular flexibility index (Phi) is 6.86. The number of aryl methyl sites for hydroxylation is 1. The molecule has 0 amide bonds. The van der Waals surface area contributed by atoms with Crippen LogP contribution in [0.1, 0.15) is 11.3 Å². The minimum absolute atomic E-state index is 0. The number of pyridine rings is 1. The zero-order valence-corrected chi connectivity index (χ0v) is 14.7. The molecule has 1 aromatic carbocycles. The fourth-order valence-corrected chi connectivity index (χ4v) is 1.72. The summed E-state index contributed by atoms with van der Waals surface area (Å²) < 4.78 is 56.7. The first-order valence-corrected chi connectivity index (χ1v) is 5.90. The van der Waals surface area contributed by atoms with E-state index >= 15 is 0 Å². The van der Waals surface area contributed by atoms with E-state index in [2.05, 4.69) is 4.98 Å². The summed E-state index contributed by atoms with van der Waals surface area (Å²) in [5.41, 5.74) is 0.361. The Morgan fingerprint density at radius 3 is 2.52 bits per heavy atom. The van der Waals surface area contributed by atoms with E-state index in [1.54, 1.807) is 19.1 Å². The number of rotatable bonds is 4.